The molecule has 0 saturated carbocycles. The smallest absolute Gasteiger partial charge is 0.237 e. The average Bonchev–Trinajstić information content (AvgIpc) is 2.23. The lowest BCUT2D eigenvalue weighted by molar-refractivity contribution is -0.125. The Labute approximate surface area is 98.9 Å². The van der Waals surface area contributed by atoms with Crippen molar-refractivity contribution in [1.29, 1.82) is 0 Å². The van der Waals surface area contributed by atoms with Crippen molar-refractivity contribution in [2.24, 2.45) is 5.73 Å². The van der Waals surface area contributed by atoms with E-state index in [1.54, 1.807) is 6.92 Å². The largest absolute Gasteiger partial charge is 0.376 e. The fourth-order valence-corrected chi connectivity index (χ4v) is 1.37. The summed E-state index contributed by atoms with van der Waals surface area (Å²) < 4.78 is 5.61. The molecule has 4 nitrogen and oxygen atoms in total. The van der Waals surface area contributed by atoms with Crippen LogP contribution in [0.5, 0.6) is 0 Å². The zero-order valence-corrected chi connectivity index (χ0v) is 11.2. The molecule has 0 heterocycles. The highest BCUT2D eigenvalue weighted by Gasteiger charge is 2.29. The van der Waals surface area contributed by atoms with E-state index in [0.29, 0.717) is 6.61 Å². The minimum atomic E-state index is -0.475. The van der Waals surface area contributed by atoms with Crippen molar-refractivity contribution in [2.75, 3.05) is 6.61 Å². The van der Waals surface area contributed by atoms with E-state index in [1.165, 1.54) is 0 Å². The van der Waals surface area contributed by atoms with Gasteiger partial charge in [-0.05, 0) is 33.6 Å². The van der Waals surface area contributed by atoms with Crippen LogP contribution in [0.3, 0.4) is 0 Å². The average molecular weight is 230 g/mol. The van der Waals surface area contributed by atoms with Crippen LogP contribution in [0.1, 0.15) is 47.5 Å². The third-order valence-electron chi connectivity index (χ3n) is 2.85. The highest BCUT2D eigenvalue weighted by molar-refractivity contribution is 5.81. The fourth-order valence-electron chi connectivity index (χ4n) is 1.37. The Kier molecular flexibility index (Phi) is 6.60. The first-order chi connectivity index (χ1) is 7.37. The van der Waals surface area contributed by atoms with Crippen molar-refractivity contribution in [1.82, 2.24) is 5.32 Å². The molecule has 0 bridgehead atoms. The number of hydrogen-bond acceptors (Lipinski definition) is 3. The van der Waals surface area contributed by atoms with Crippen molar-refractivity contribution in [3.8, 4) is 0 Å². The van der Waals surface area contributed by atoms with E-state index in [-0.39, 0.29) is 17.6 Å². The molecule has 4 heteroatoms. The molecule has 1 amide bonds. The summed E-state index contributed by atoms with van der Waals surface area (Å²) in [6.07, 6.45) is 1.85. The third-order valence-corrected chi connectivity index (χ3v) is 2.85. The molecular formula is C12H26N2O2. The maximum absolute atomic E-state index is 11.6. The molecule has 0 aliphatic heterocycles. The number of nitrogens with two attached hydrogens (primary N) is 1. The van der Waals surface area contributed by atoms with Gasteiger partial charge in [0.05, 0.1) is 24.3 Å². The molecule has 16 heavy (non-hydrogen) atoms. The SMILES string of the molecule is CCC(CC)(COC(C)C)NC(=O)C(C)N. The van der Waals surface area contributed by atoms with E-state index in [4.69, 9.17) is 10.5 Å². The second kappa shape index (κ2) is 6.86. The summed E-state index contributed by atoms with van der Waals surface area (Å²) in [5.74, 6) is -0.115. The van der Waals surface area contributed by atoms with Gasteiger partial charge in [0.25, 0.3) is 0 Å². The standard InChI is InChI=1S/C12H26N2O2/c1-6-12(7-2,8-16-9(3)4)14-11(15)10(5)13/h9-10H,6-8,13H2,1-5H3,(H,14,15). The minimum absolute atomic E-state index is 0.115. The zero-order valence-electron chi connectivity index (χ0n) is 11.2. The lowest BCUT2D eigenvalue weighted by Gasteiger charge is -2.34. The number of rotatable bonds is 7. The maximum atomic E-state index is 11.6. The summed E-state index contributed by atoms with van der Waals surface area (Å²) >= 11 is 0. The van der Waals surface area contributed by atoms with E-state index in [1.807, 2.05) is 13.8 Å². The van der Waals surface area contributed by atoms with Gasteiger partial charge in [0.1, 0.15) is 0 Å². The minimum Gasteiger partial charge on any atom is -0.376 e. The van der Waals surface area contributed by atoms with Crippen LogP contribution < -0.4 is 11.1 Å². The van der Waals surface area contributed by atoms with Crippen LogP contribution >= 0.6 is 0 Å². The van der Waals surface area contributed by atoms with Crippen molar-refractivity contribution in [2.45, 2.75) is 65.1 Å². The number of amides is 1. The first-order valence-electron chi connectivity index (χ1n) is 6.06. The number of carbonyl (C=O) groups is 1. The molecule has 0 aliphatic carbocycles. The quantitative estimate of drug-likeness (QED) is 0.695. The molecule has 0 rings (SSSR count). The van der Waals surface area contributed by atoms with E-state index in [9.17, 15) is 4.79 Å². The summed E-state index contributed by atoms with van der Waals surface area (Å²) in [6, 6.07) is -0.475. The van der Waals surface area contributed by atoms with Gasteiger partial charge < -0.3 is 15.8 Å². The first kappa shape index (κ1) is 15.4. The Morgan fingerprint density at radius 3 is 2.12 bits per heavy atom. The third kappa shape index (κ3) is 4.94. The molecule has 1 atom stereocenters. The van der Waals surface area contributed by atoms with Crippen LogP contribution in [0.2, 0.25) is 0 Å². The maximum Gasteiger partial charge on any atom is 0.237 e. The second-order valence-electron chi connectivity index (χ2n) is 4.63. The van der Waals surface area contributed by atoms with Gasteiger partial charge >= 0.3 is 0 Å². The molecule has 0 radical (unpaired) electrons. The highest BCUT2D eigenvalue weighted by atomic mass is 16.5. The second-order valence-corrected chi connectivity index (χ2v) is 4.63. The topological polar surface area (TPSA) is 64.3 Å². The van der Waals surface area contributed by atoms with E-state index in [0.717, 1.165) is 12.8 Å². The van der Waals surface area contributed by atoms with E-state index in [2.05, 4.69) is 19.2 Å². The van der Waals surface area contributed by atoms with Gasteiger partial charge in [-0.2, -0.15) is 0 Å². The molecule has 96 valence electrons. The zero-order chi connectivity index (χ0) is 12.8. The first-order valence-corrected chi connectivity index (χ1v) is 6.06. The summed E-state index contributed by atoms with van der Waals surface area (Å²) in [5, 5.41) is 3.00. The predicted molar refractivity (Wildman–Crippen MR) is 66.2 cm³/mol. The van der Waals surface area contributed by atoms with Crippen LogP contribution in [-0.2, 0) is 9.53 Å². The summed E-state index contributed by atoms with van der Waals surface area (Å²) in [5.41, 5.74) is 5.27. The molecule has 0 aromatic carbocycles. The molecular weight excluding hydrogens is 204 g/mol. The molecule has 0 spiro atoms. The van der Waals surface area contributed by atoms with Crippen LogP contribution in [0.15, 0.2) is 0 Å². The molecule has 0 fully saturated rings. The van der Waals surface area contributed by atoms with Crippen LogP contribution in [0.4, 0.5) is 0 Å². The van der Waals surface area contributed by atoms with Gasteiger partial charge in [0, 0.05) is 0 Å². The van der Waals surface area contributed by atoms with Gasteiger partial charge in [-0.3, -0.25) is 4.79 Å². The summed E-state index contributed by atoms with van der Waals surface area (Å²) in [6.45, 7) is 10.3. The monoisotopic (exact) mass is 230 g/mol. The number of hydrogen-bond donors (Lipinski definition) is 2. The van der Waals surface area contributed by atoms with Crippen LogP contribution in [0, 0.1) is 0 Å². The summed E-state index contributed by atoms with van der Waals surface area (Å²) in [4.78, 5) is 11.6. The number of carbonyl (C=O) groups excluding carboxylic acids is 1. The molecule has 0 saturated heterocycles. The van der Waals surface area contributed by atoms with Crippen molar-refractivity contribution >= 4 is 5.91 Å². The molecule has 1 unspecified atom stereocenters. The van der Waals surface area contributed by atoms with Gasteiger partial charge in [0.15, 0.2) is 0 Å². The Balaban J connectivity index is 4.49. The van der Waals surface area contributed by atoms with Gasteiger partial charge in [0.2, 0.25) is 5.91 Å². The molecule has 0 aliphatic rings. The van der Waals surface area contributed by atoms with Crippen molar-refractivity contribution in [3.05, 3.63) is 0 Å². The normalized spacial score (nSPS) is 13.9. The summed E-state index contributed by atoms with van der Waals surface area (Å²) in [7, 11) is 0. The van der Waals surface area contributed by atoms with E-state index < -0.39 is 6.04 Å². The highest BCUT2D eigenvalue weighted by Crippen LogP contribution is 2.16. The van der Waals surface area contributed by atoms with Gasteiger partial charge in [-0.15, -0.1) is 0 Å². The van der Waals surface area contributed by atoms with Gasteiger partial charge in [-0.25, -0.2) is 0 Å². The lowest BCUT2D eigenvalue weighted by atomic mass is 9.93. The Morgan fingerprint density at radius 1 is 1.31 bits per heavy atom. The van der Waals surface area contributed by atoms with E-state index >= 15 is 0 Å². The molecule has 0 aromatic rings. The number of ether oxygens (including phenoxy) is 1. The van der Waals surface area contributed by atoms with Gasteiger partial charge in [-0.1, -0.05) is 13.8 Å². The van der Waals surface area contributed by atoms with Crippen LogP contribution in [-0.4, -0.2) is 30.2 Å². The Hall–Kier alpha value is -0.610. The molecule has 0 aromatic heterocycles. The predicted octanol–water partition coefficient (Wildman–Crippen LogP) is 1.43. The Bertz CT molecular complexity index is 211. The van der Waals surface area contributed by atoms with Crippen molar-refractivity contribution in [3.63, 3.8) is 0 Å². The number of nitrogens with one attached hydrogen (secondary N) is 1. The molecule has 3 N–H and O–H groups in total. The fraction of sp³-hybridized carbons (Fsp3) is 0.917. The lowest BCUT2D eigenvalue weighted by Crippen LogP contribution is -2.55. The van der Waals surface area contributed by atoms with Crippen LogP contribution in [0.25, 0.3) is 0 Å². The van der Waals surface area contributed by atoms with Crippen molar-refractivity contribution < 1.29 is 9.53 Å². The Morgan fingerprint density at radius 2 is 1.81 bits per heavy atom.